The van der Waals surface area contributed by atoms with Crippen LogP contribution in [-0.2, 0) is 10.8 Å². The molecule has 5 rings (SSSR count). The summed E-state index contributed by atoms with van der Waals surface area (Å²) in [7, 11) is 0. The second-order valence-corrected chi connectivity index (χ2v) is 11.5. The van der Waals surface area contributed by atoms with Gasteiger partial charge in [0.05, 0.1) is 5.41 Å². The summed E-state index contributed by atoms with van der Waals surface area (Å²) < 4.78 is 0. The number of benzene rings is 4. The van der Waals surface area contributed by atoms with Crippen LogP contribution < -0.4 is 0 Å². The number of hydrogen-bond donors (Lipinski definition) is 0. The minimum Gasteiger partial charge on any atom is -0.293 e. The van der Waals surface area contributed by atoms with E-state index in [0.29, 0.717) is 5.92 Å². The van der Waals surface area contributed by atoms with Crippen molar-refractivity contribution >= 4 is 16.6 Å². The van der Waals surface area contributed by atoms with Crippen LogP contribution in [0.3, 0.4) is 0 Å². The van der Waals surface area contributed by atoms with Gasteiger partial charge < -0.3 is 0 Å². The molecule has 4 aromatic carbocycles. The Morgan fingerprint density at radius 1 is 0.771 bits per heavy atom. The zero-order chi connectivity index (χ0) is 25.0. The maximum absolute atomic E-state index is 14.4. The first-order valence-corrected chi connectivity index (χ1v) is 13.0. The Balaban J connectivity index is 1.67. The van der Waals surface area contributed by atoms with E-state index < -0.39 is 5.41 Å². The van der Waals surface area contributed by atoms with Crippen molar-refractivity contribution in [2.45, 2.75) is 58.8 Å². The third kappa shape index (κ3) is 3.56. The molecule has 1 heteroatoms. The molecule has 2 atom stereocenters. The number of Topliss-reactive ketones (excluding diaryl/α,β-unsaturated/α-hetero) is 1. The molecule has 178 valence electrons. The van der Waals surface area contributed by atoms with Gasteiger partial charge in [-0.05, 0) is 55.8 Å². The fourth-order valence-electron chi connectivity index (χ4n) is 6.43. The second-order valence-electron chi connectivity index (χ2n) is 11.5. The van der Waals surface area contributed by atoms with Gasteiger partial charge in [0, 0.05) is 5.56 Å². The Bertz CT molecular complexity index is 1380. The van der Waals surface area contributed by atoms with E-state index in [1.165, 1.54) is 22.3 Å². The summed E-state index contributed by atoms with van der Waals surface area (Å²) in [4.78, 5) is 14.4. The Kier molecular flexibility index (Phi) is 5.71. The average Bonchev–Trinajstić information content (AvgIpc) is 3.10. The third-order valence-electron chi connectivity index (χ3n) is 8.16. The van der Waals surface area contributed by atoms with Crippen molar-refractivity contribution < 1.29 is 4.79 Å². The van der Waals surface area contributed by atoms with Crippen LogP contribution in [0.2, 0.25) is 0 Å². The summed E-state index contributed by atoms with van der Waals surface area (Å²) in [6, 6.07) is 30.3. The van der Waals surface area contributed by atoms with Gasteiger partial charge in [-0.15, -0.1) is 0 Å². The fraction of sp³-hybridized carbons (Fsp3) is 0.324. The Morgan fingerprint density at radius 2 is 1.34 bits per heavy atom. The number of rotatable bonds is 5. The first-order valence-electron chi connectivity index (χ1n) is 13.0. The van der Waals surface area contributed by atoms with Crippen molar-refractivity contribution in [3.8, 4) is 11.1 Å². The molecule has 0 heterocycles. The highest BCUT2D eigenvalue weighted by molar-refractivity contribution is 6.22. The quantitative estimate of drug-likeness (QED) is 0.290. The first-order chi connectivity index (χ1) is 16.7. The van der Waals surface area contributed by atoms with Crippen LogP contribution in [0.4, 0.5) is 0 Å². The lowest BCUT2D eigenvalue weighted by molar-refractivity contribution is 0.0837. The minimum absolute atomic E-state index is 0.139. The zero-order valence-corrected chi connectivity index (χ0v) is 21.9. The lowest BCUT2D eigenvalue weighted by Gasteiger charge is -2.40. The van der Waals surface area contributed by atoms with E-state index in [9.17, 15) is 4.79 Å². The van der Waals surface area contributed by atoms with Crippen LogP contribution >= 0.6 is 0 Å². The largest absolute Gasteiger partial charge is 0.293 e. The van der Waals surface area contributed by atoms with Crippen molar-refractivity contribution in [1.29, 1.82) is 0 Å². The number of carbonyl (C=O) groups excluding carboxylic acids is 1. The van der Waals surface area contributed by atoms with Crippen molar-refractivity contribution in [3.63, 3.8) is 0 Å². The standard InChI is InChI=1S/C34H36O/c1-7-29(22(2)3)34(30-13-9-11-25-10-8-12-28(31(25)30)32(34)35)27-20-16-24(17-21-27)23-14-18-26(19-15-23)33(4,5)6/h8-22,29H,7H2,1-6H3. The molecule has 4 aromatic rings. The lowest BCUT2D eigenvalue weighted by Crippen LogP contribution is -2.43. The van der Waals surface area contributed by atoms with Crippen LogP contribution in [0.15, 0.2) is 84.9 Å². The maximum atomic E-state index is 14.4. The highest BCUT2D eigenvalue weighted by atomic mass is 16.1. The molecule has 0 radical (unpaired) electrons. The number of hydrogen-bond acceptors (Lipinski definition) is 1. The van der Waals surface area contributed by atoms with Crippen LogP contribution in [-0.4, -0.2) is 5.78 Å². The van der Waals surface area contributed by atoms with Gasteiger partial charge in [0.1, 0.15) is 0 Å². The van der Waals surface area contributed by atoms with E-state index in [0.717, 1.165) is 28.3 Å². The van der Waals surface area contributed by atoms with Crippen LogP contribution in [0.1, 0.15) is 75.0 Å². The molecule has 0 amide bonds. The molecule has 0 fully saturated rings. The number of carbonyl (C=O) groups is 1. The molecule has 1 aliphatic carbocycles. The van der Waals surface area contributed by atoms with Crippen LogP contribution in [0, 0.1) is 11.8 Å². The smallest absolute Gasteiger partial charge is 0.178 e. The summed E-state index contributed by atoms with van der Waals surface area (Å²) in [5.74, 6) is 0.843. The van der Waals surface area contributed by atoms with Crippen molar-refractivity contribution in [2.24, 2.45) is 11.8 Å². The Hall–Kier alpha value is -3.19. The highest BCUT2D eigenvalue weighted by Crippen LogP contribution is 2.53. The molecule has 0 saturated heterocycles. The van der Waals surface area contributed by atoms with Crippen molar-refractivity contribution in [3.05, 3.63) is 107 Å². The molecule has 0 aromatic heterocycles. The summed E-state index contributed by atoms with van der Waals surface area (Å²) in [5, 5.41) is 2.30. The monoisotopic (exact) mass is 460 g/mol. The summed E-state index contributed by atoms with van der Waals surface area (Å²) in [6.45, 7) is 13.5. The molecule has 2 unspecified atom stereocenters. The molecule has 1 nitrogen and oxygen atoms in total. The summed E-state index contributed by atoms with van der Waals surface area (Å²) in [6.07, 6.45) is 0.948. The molecule has 1 aliphatic rings. The van der Waals surface area contributed by atoms with Crippen molar-refractivity contribution in [2.75, 3.05) is 0 Å². The Labute approximate surface area is 210 Å². The molecule has 0 saturated carbocycles. The average molecular weight is 461 g/mol. The van der Waals surface area contributed by atoms with Gasteiger partial charge in [-0.1, -0.05) is 133 Å². The normalized spacial score (nSPS) is 18.4. The van der Waals surface area contributed by atoms with E-state index >= 15 is 0 Å². The molecule has 0 aliphatic heterocycles. The van der Waals surface area contributed by atoms with E-state index in [1.807, 2.05) is 12.1 Å². The molecular formula is C34H36O. The van der Waals surface area contributed by atoms with Gasteiger partial charge in [0.25, 0.3) is 0 Å². The predicted molar refractivity (Wildman–Crippen MR) is 148 cm³/mol. The van der Waals surface area contributed by atoms with Gasteiger partial charge in [-0.3, -0.25) is 4.79 Å². The molecule has 0 bridgehead atoms. The number of ketones is 1. The van der Waals surface area contributed by atoms with Gasteiger partial charge >= 0.3 is 0 Å². The minimum atomic E-state index is -0.652. The van der Waals surface area contributed by atoms with Gasteiger partial charge in [-0.2, -0.15) is 0 Å². The third-order valence-corrected chi connectivity index (χ3v) is 8.16. The SMILES string of the molecule is CCC(C(C)C)C1(c2ccc(-c3ccc(C(C)(C)C)cc3)cc2)C(=O)c2cccc3cccc1c23. The van der Waals surface area contributed by atoms with E-state index in [2.05, 4.69) is 114 Å². The second kappa shape index (κ2) is 8.48. The van der Waals surface area contributed by atoms with E-state index in [1.54, 1.807) is 0 Å². The maximum Gasteiger partial charge on any atom is 0.178 e. The Morgan fingerprint density at radius 3 is 1.89 bits per heavy atom. The molecule has 0 spiro atoms. The topological polar surface area (TPSA) is 17.1 Å². The van der Waals surface area contributed by atoms with Crippen LogP contribution in [0.25, 0.3) is 21.9 Å². The molecule has 35 heavy (non-hydrogen) atoms. The zero-order valence-electron chi connectivity index (χ0n) is 21.9. The molecule has 0 N–H and O–H groups in total. The van der Waals surface area contributed by atoms with Gasteiger partial charge in [0.2, 0.25) is 0 Å². The van der Waals surface area contributed by atoms with Gasteiger partial charge in [-0.25, -0.2) is 0 Å². The summed E-state index contributed by atoms with van der Waals surface area (Å²) in [5.41, 5.74) is 6.38. The first kappa shape index (κ1) is 23.5. The van der Waals surface area contributed by atoms with Gasteiger partial charge in [0.15, 0.2) is 5.78 Å². The van der Waals surface area contributed by atoms with E-state index in [4.69, 9.17) is 0 Å². The van der Waals surface area contributed by atoms with Crippen molar-refractivity contribution in [1.82, 2.24) is 0 Å². The summed E-state index contributed by atoms with van der Waals surface area (Å²) >= 11 is 0. The highest BCUT2D eigenvalue weighted by Gasteiger charge is 2.53. The van der Waals surface area contributed by atoms with E-state index in [-0.39, 0.29) is 17.1 Å². The lowest BCUT2D eigenvalue weighted by atomic mass is 9.61. The predicted octanol–water partition coefficient (Wildman–Crippen LogP) is 8.97. The molecular weight excluding hydrogens is 424 g/mol. The fourth-order valence-corrected chi connectivity index (χ4v) is 6.43. The van der Waals surface area contributed by atoms with Crippen LogP contribution in [0.5, 0.6) is 0 Å².